The Morgan fingerprint density at radius 2 is 1.39 bits per heavy atom. The van der Waals surface area contributed by atoms with Gasteiger partial charge < -0.3 is 16.0 Å². The third-order valence-corrected chi connectivity index (χ3v) is 4.14. The summed E-state index contributed by atoms with van der Waals surface area (Å²) < 4.78 is 0. The van der Waals surface area contributed by atoms with E-state index < -0.39 is 0 Å². The van der Waals surface area contributed by atoms with Gasteiger partial charge in [-0.2, -0.15) is 0 Å². The Bertz CT molecular complexity index is 998. The van der Waals surface area contributed by atoms with E-state index in [-0.39, 0.29) is 11.8 Å². The van der Waals surface area contributed by atoms with Crippen LogP contribution in [0.4, 0.5) is 23.0 Å². The Balaban J connectivity index is 1.63. The van der Waals surface area contributed by atoms with Gasteiger partial charge in [0, 0.05) is 36.4 Å². The van der Waals surface area contributed by atoms with E-state index in [2.05, 4.69) is 25.9 Å². The highest BCUT2D eigenvalue weighted by Gasteiger charge is 2.08. The van der Waals surface area contributed by atoms with Crippen LogP contribution in [0.15, 0.2) is 54.9 Å². The van der Waals surface area contributed by atoms with Crippen molar-refractivity contribution < 1.29 is 9.59 Å². The number of carbonyl (C=O) groups is 2. The van der Waals surface area contributed by atoms with Crippen molar-refractivity contribution in [3.63, 3.8) is 0 Å². The van der Waals surface area contributed by atoms with Crippen molar-refractivity contribution in [2.24, 2.45) is 0 Å². The van der Waals surface area contributed by atoms with Gasteiger partial charge >= 0.3 is 0 Å². The van der Waals surface area contributed by atoms with Crippen LogP contribution in [0.2, 0.25) is 0 Å². The average Bonchev–Trinajstić information content (AvgIpc) is 2.66. The van der Waals surface area contributed by atoms with E-state index in [0.29, 0.717) is 17.2 Å². The third kappa shape index (κ3) is 4.91. The lowest BCUT2D eigenvalue weighted by Gasteiger charge is -2.09. The zero-order valence-electron chi connectivity index (χ0n) is 15.9. The largest absolute Gasteiger partial charge is 0.326 e. The van der Waals surface area contributed by atoms with E-state index in [9.17, 15) is 9.59 Å². The second kappa shape index (κ2) is 8.30. The minimum atomic E-state index is -0.269. The van der Waals surface area contributed by atoms with Gasteiger partial charge in [0.1, 0.15) is 0 Å². The number of aromatic nitrogens is 2. The molecule has 142 valence electrons. The van der Waals surface area contributed by atoms with Gasteiger partial charge in [-0.25, -0.2) is 9.97 Å². The number of hydrogen-bond donors (Lipinski definition) is 3. The minimum Gasteiger partial charge on any atom is -0.326 e. The summed E-state index contributed by atoms with van der Waals surface area (Å²) in [5.41, 5.74) is 4.85. The van der Waals surface area contributed by atoms with Crippen LogP contribution < -0.4 is 16.0 Å². The quantitative estimate of drug-likeness (QED) is 0.625. The summed E-state index contributed by atoms with van der Waals surface area (Å²) in [7, 11) is 0. The zero-order chi connectivity index (χ0) is 20.1. The summed E-state index contributed by atoms with van der Waals surface area (Å²) in [5, 5.41) is 8.59. The van der Waals surface area contributed by atoms with Crippen molar-refractivity contribution in [3.8, 4) is 0 Å². The Labute approximate surface area is 163 Å². The molecule has 2 amide bonds. The molecular weight excluding hydrogens is 354 g/mol. The summed E-state index contributed by atoms with van der Waals surface area (Å²) in [6.45, 7) is 5.48. The molecule has 2 aromatic carbocycles. The molecule has 7 nitrogen and oxygen atoms in total. The van der Waals surface area contributed by atoms with Crippen LogP contribution in [-0.4, -0.2) is 21.8 Å². The molecule has 28 heavy (non-hydrogen) atoms. The molecule has 0 fully saturated rings. The van der Waals surface area contributed by atoms with Crippen LogP contribution in [0.3, 0.4) is 0 Å². The van der Waals surface area contributed by atoms with E-state index in [4.69, 9.17) is 0 Å². The molecule has 0 radical (unpaired) electrons. The number of amides is 2. The van der Waals surface area contributed by atoms with Gasteiger partial charge in [0.2, 0.25) is 11.9 Å². The fourth-order valence-corrected chi connectivity index (χ4v) is 2.50. The third-order valence-electron chi connectivity index (χ3n) is 4.14. The summed E-state index contributed by atoms with van der Waals surface area (Å²) in [6.07, 6.45) is 2.94. The first-order valence-corrected chi connectivity index (χ1v) is 8.76. The van der Waals surface area contributed by atoms with Crippen molar-refractivity contribution in [2.75, 3.05) is 16.0 Å². The van der Waals surface area contributed by atoms with E-state index in [0.717, 1.165) is 16.9 Å². The molecule has 1 aromatic heterocycles. The fraction of sp³-hybridized carbons (Fsp3) is 0.143. The summed E-state index contributed by atoms with van der Waals surface area (Å²) in [6, 6.07) is 12.9. The zero-order valence-corrected chi connectivity index (χ0v) is 15.9. The van der Waals surface area contributed by atoms with Crippen LogP contribution in [0.5, 0.6) is 0 Å². The molecule has 0 unspecified atom stereocenters. The number of rotatable bonds is 5. The Hall–Kier alpha value is -3.74. The van der Waals surface area contributed by atoms with Gasteiger partial charge in [0.25, 0.3) is 5.91 Å². The second-order valence-corrected chi connectivity index (χ2v) is 6.43. The summed E-state index contributed by atoms with van der Waals surface area (Å²) >= 11 is 0. The standard InChI is InChI=1S/C21H21N5O2/c1-13-4-5-19(10-14(13)2)25-20(28)16-11-22-21(23-12-16)26-18-8-6-17(7-9-18)24-15(3)27/h4-12H,1-3H3,(H,24,27)(H,25,28)(H,22,23,26). The van der Waals surface area contributed by atoms with Gasteiger partial charge in [-0.1, -0.05) is 6.07 Å². The summed E-state index contributed by atoms with van der Waals surface area (Å²) in [4.78, 5) is 31.8. The van der Waals surface area contributed by atoms with Gasteiger partial charge in [-0.05, 0) is 61.4 Å². The lowest BCUT2D eigenvalue weighted by molar-refractivity contribution is -0.114. The Morgan fingerprint density at radius 1 is 0.786 bits per heavy atom. The highest BCUT2D eigenvalue weighted by molar-refractivity contribution is 6.04. The SMILES string of the molecule is CC(=O)Nc1ccc(Nc2ncc(C(=O)Nc3ccc(C)c(C)c3)cn2)cc1. The molecule has 0 atom stereocenters. The lowest BCUT2D eigenvalue weighted by Crippen LogP contribution is -2.13. The van der Waals surface area contributed by atoms with Gasteiger partial charge in [-0.15, -0.1) is 0 Å². The van der Waals surface area contributed by atoms with Crippen molar-refractivity contribution in [3.05, 3.63) is 71.5 Å². The molecule has 7 heteroatoms. The number of carbonyl (C=O) groups excluding carboxylic acids is 2. The van der Waals surface area contributed by atoms with E-state index >= 15 is 0 Å². The van der Waals surface area contributed by atoms with E-state index in [1.165, 1.54) is 24.9 Å². The van der Waals surface area contributed by atoms with Gasteiger partial charge in [0.05, 0.1) is 5.56 Å². The predicted molar refractivity (Wildman–Crippen MR) is 110 cm³/mol. The maximum absolute atomic E-state index is 12.4. The molecule has 0 spiro atoms. The first kappa shape index (κ1) is 19.0. The van der Waals surface area contributed by atoms with Crippen LogP contribution >= 0.6 is 0 Å². The van der Waals surface area contributed by atoms with Crippen molar-refractivity contribution in [1.82, 2.24) is 9.97 Å². The predicted octanol–water partition coefficient (Wildman–Crippen LogP) is 4.05. The van der Waals surface area contributed by atoms with Crippen LogP contribution in [0.25, 0.3) is 0 Å². The maximum atomic E-state index is 12.4. The minimum absolute atomic E-state index is 0.126. The lowest BCUT2D eigenvalue weighted by atomic mass is 10.1. The number of nitrogens with zero attached hydrogens (tertiary/aromatic N) is 2. The smallest absolute Gasteiger partial charge is 0.258 e. The molecule has 0 aliphatic heterocycles. The normalized spacial score (nSPS) is 10.2. The van der Waals surface area contributed by atoms with Gasteiger partial charge in [-0.3, -0.25) is 9.59 Å². The molecule has 3 rings (SSSR count). The van der Waals surface area contributed by atoms with Crippen molar-refractivity contribution in [1.29, 1.82) is 0 Å². The second-order valence-electron chi connectivity index (χ2n) is 6.43. The number of benzene rings is 2. The van der Waals surface area contributed by atoms with Gasteiger partial charge in [0.15, 0.2) is 0 Å². The first-order chi connectivity index (χ1) is 13.4. The van der Waals surface area contributed by atoms with Crippen LogP contribution in [0, 0.1) is 13.8 Å². The number of hydrogen-bond acceptors (Lipinski definition) is 5. The Kier molecular flexibility index (Phi) is 5.64. The molecule has 0 saturated carbocycles. The monoisotopic (exact) mass is 375 g/mol. The number of aryl methyl sites for hydroxylation is 2. The average molecular weight is 375 g/mol. The molecule has 0 bridgehead atoms. The molecule has 3 N–H and O–H groups in total. The molecule has 0 aliphatic rings. The fourth-order valence-electron chi connectivity index (χ4n) is 2.50. The van der Waals surface area contributed by atoms with Crippen LogP contribution in [0.1, 0.15) is 28.4 Å². The highest BCUT2D eigenvalue weighted by Crippen LogP contribution is 2.17. The van der Waals surface area contributed by atoms with Crippen molar-refractivity contribution >= 4 is 34.8 Å². The Morgan fingerprint density at radius 3 is 2.00 bits per heavy atom. The highest BCUT2D eigenvalue weighted by atomic mass is 16.2. The van der Waals surface area contributed by atoms with E-state index in [1.54, 1.807) is 24.3 Å². The maximum Gasteiger partial charge on any atom is 0.258 e. The molecular formula is C21H21N5O2. The topological polar surface area (TPSA) is 96.0 Å². The van der Waals surface area contributed by atoms with E-state index in [1.807, 2.05) is 32.0 Å². The molecule has 1 heterocycles. The molecule has 0 aliphatic carbocycles. The van der Waals surface area contributed by atoms with Crippen molar-refractivity contribution in [2.45, 2.75) is 20.8 Å². The molecule has 3 aromatic rings. The first-order valence-electron chi connectivity index (χ1n) is 8.76. The van der Waals surface area contributed by atoms with Crippen LogP contribution in [-0.2, 0) is 4.79 Å². The molecule has 0 saturated heterocycles. The summed E-state index contributed by atoms with van der Waals surface area (Å²) in [5.74, 6) is -0.0248. The number of anilines is 4. The number of nitrogens with one attached hydrogen (secondary N) is 3.